The number of benzene rings is 2. The number of aromatic nitrogens is 4. The lowest BCUT2D eigenvalue weighted by Gasteiger charge is -1.96. The standard InChI is InChI=1S/C18H15N4S2/c1-12-18(14-7-4-3-5-8-14)24-22(20-12)16-10-6-9-15(11-16)17-13(2)23-21-19-17/h3-11H,1-2H3/q+1. The molecule has 2 aromatic carbocycles. The van der Waals surface area contributed by atoms with Crippen LogP contribution in [-0.4, -0.2) is 14.7 Å². The lowest BCUT2D eigenvalue weighted by Crippen LogP contribution is -2.28. The summed E-state index contributed by atoms with van der Waals surface area (Å²) in [6, 6.07) is 18.6. The average molecular weight is 351 g/mol. The van der Waals surface area contributed by atoms with Gasteiger partial charge in [0.25, 0.3) is 5.69 Å². The number of aryl methyl sites for hydroxylation is 2. The second kappa shape index (κ2) is 6.22. The second-order valence-corrected chi connectivity index (χ2v) is 7.37. The van der Waals surface area contributed by atoms with Gasteiger partial charge in [-0.3, -0.25) is 0 Å². The van der Waals surface area contributed by atoms with Crippen LogP contribution < -0.4 is 4.07 Å². The van der Waals surface area contributed by atoms with Crippen molar-refractivity contribution in [3.63, 3.8) is 0 Å². The summed E-state index contributed by atoms with van der Waals surface area (Å²) in [5, 5.41) is 8.94. The van der Waals surface area contributed by atoms with Crippen molar-refractivity contribution in [1.29, 1.82) is 0 Å². The molecule has 0 N–H and O–H groups in total. The van der Waals surface area contributed by atoms with Crippen LogP contribution in [0.4, 0.5) is 0 Å². The zero-order valence-corrected chi connectivity index (χ0v) is 14.9. The van der Waals surface area contributed by atoms with Gasteiger partial charge in [-0.05, 0) is 30.9 Å². The van der Waals surface area contributed by atoms with E-state index in [9.17, 15) is 0 Å². The van der Waals surface area contributed by atoms with E-state index in [1.807, 2.05) is 30.1 Å². The van der Waals surface area contributed by atoms with Crippen molar-refractivity contribution < 1.29 is 4.07 Å². The minimum Gasteiger partial charge on any atom is -0.138 e. The number of nitrogens with zero attached hydrogens (tertiary/aromatic N) is 4. The minimum atomic E-state index is 0.944. The Kier molecular flexibility index (Phi) is 3.92. The Bertz CT molecular complexity index is 989. The van der Waals surface area contributed by atoms with Crippen LogP contribution in [0.3, 0.4) is 0 Å². The molecule has 0 bridgehead atoms. The van der Waals surface area contributed by atoms with Gasteiger partial charge in [-0.2, -0.15) is 0 Å². The van der Waals surface area contributed by atoms with Crippen LogP contribution >= 0.6 is 23.1 Å². The van der Waals surface area contributed by atoms with Gasteiger partial charge in [0.2, 0.25) is 0 Å². The third kappa shape index (κ3) is 2.74. The molecule has 0 saturated heterocycles. The molecule has 6 heteroatoms. The fraction of sp³-hybridized carbons (Fsp3) is 0.111. The van der Waals surface area contributed by atoms with Crippen molar-refractivity contribution in [2.45, 2.75) is 13.8 Å². The van der Waals surface area contributed by atoms with Gasteiger partial charge >= 0.3 is 0 Å². The van der Waals surface area contributed by atoms with E-state index in [-0.39, 0.29) is 0 Å². The molecule has 0 aliphatic carbocycles. The monoisotopic (exact) mass is 351 g/mol. The van der Waals surface area contributed by atoms with Crippen LogP contribution in [0.1, 0.15) is 10.6 Å². The van der Waals surface area contributed by atoms with Gasteiger partial charge in [-0.25, -0.2) is 0 Å². The predicted molar refractivity (Wildman–Crippen MR) is 97.5 cm³/mol. The number of hydrogen-bond donors (Lipinski definition) is 0. The molecule has 2 aromatic heterocycles. The summed E-state index contributed by atoms with van der Waals surface area (Å²) in [4.78, 5) is 2.31. The van der Waals surface area contributed by atoms with Gasteiger partial charge in [-0.1, -0.05) is 47.0 Å². The Hall–Kier alpha value is -2.44. The summed E-state index contributed by atoms with van der Waals surface area (Å²) in [6.45, 7) is 4.09. The largest absolute Gasteiger partial charge is 0.254 e. The number of rotatable bonds is 3. The van der Waals surface area contributed by atoms with Gasteiger partial charge in [0.05, 0.1) is 4.88 Å². The van der Waals surface area contributed by atoms with Crippen LogP contribution in [0, 0.1) is 13.8 Å². The lowest BCUT2D eigenvalue weighted by molar-refractivity contribution is -0.588. The predicted octanol–water partition coefficient (Wildman–Crippen LogP) is 4.22. The van der Waals surface area contributed by atoms with E-state index in [4.69, 9.17) is 5.10 Å². The molecule has 0 aliphatic heterocycles. The van der Waals surface area contributed by atoms with Crippen molar-refractivity contribution in [3.8, 4) is 27.4 Å². The Morgan fingerprint density at radius 1 is 0.917 bits per heavy atom. The fourth-order valence-electron chi connectivity index (χ4n) is 2.59. The molecule has 0 amide bonds. The van der Waals surface area contributed by atoms with Crippen LogP contribution in [0.15, 0.2) is 54.6 Å². The third-order valence-electron chi connectivity index (χ3n) is 3.78. The molecule has 0 spiro atoms. The first-order valence-electron chi connectivity index (χ1n) is 7.58. The Labute approximate surface area is 148 Å². The van der Waals surface area contributed by atoms with Gasteiger partial charge in [0, 0.05) is 26.9 Å². The summed E-state index contributed by atoms with van der Waals surface area (Å²) in [6.07, 6.45) is 0. The molecule has 4 aromatic rings. The van der Waals surface area contributed by atoms with Crippen molar-refractivity contribution in [2.75, 3.05) is 0 Å². The molecule has 118 valence electrons. The maximum absolute atomic E-state index is 4.70. The smallest absolute Gasteiger partial charge is 0.138 e. The molecule has 4 rings (SSSR count). The first-order chi connectivity index (χ1) is 11.7. The minimum absolute atomic E-state index is 0.944. The van der Waals surface area contributed by atoms with Gasteiger partial charge < -0.3 is 0 Å². The van der Waals surface area contributed by atoms with Crippen LogP contribution in [-0.2, 0) is 0 Å². The van der Waals surface area contributed by atoms with Crippen LogP contribution in [0.25, 0.3) is 27.4 Å². The molecule has 0 unspecified atom stereocenters. The van der Waals surface area contributed by atoms with Gasteiger partial charge in [-0.15, -0.1) is 5.10 Å². The Balaban J connectivity index is 1.77. The van der Waals surface area contributed by atoms with Crippen molar-refractivity contribution in [1.82, 2.24) is 14.7 Å². The maximum atomic E-state index is 4.70. The summed E-state index contributed by atoms with van der Waals surface area (Å²) >= 11 is 3.07. The van der Waals surface area contributed by atoms with E-state index in [1.54, 1.807) is 11.5 Å². The Morgan fingerprint density at radius 2 is 1.71 bits per heavy atom. The maximum Gasteiger partial charge on any atom is 0.254 e. The quantitative estimate of drug-likeness (QED) is 0.519. The van der Waals surface area contributed by atoms with Crippen molar-refractivity contribution >= 4 is 23.1 Å². The highest BCUT2D eigenvalue weighted by molar-refractivity contribution is 7.06. The van der Waals surface area contributed by atoms with Crippen LogP contribution in [0.5, 0.6) is 0 Å². The molecule has 0 atom stereocenters. The summed E-state index contributed by atoms with van der Waals surface area (Å²) < 4.78 is 6.00. The van der Waals surface area contributed by atoms with E-state index in [0.29, 0.717) is 0 Å². The number of hydrogen-bond acceptors (Lipinski definition) is 5. The summed E-state index contributed by atoms with van der Waals surface area (Å²) in [5.41, 5.74) is 5.28. The van der Waals surface area contributed by atoms with Crippen molar-refractivity contribution in [2.24, 2.45) is 0 Å². The van der Waals surface area contributed by atoms with Gasteiger partial charge in [0.1, 0.15) is 16.3 Å². The molecule has 0 fully saturated rings. The SMILES string of the molecule is Cc1n[n+](-c2cccc(-c3nnsc3C)c2)sc1-c1ccccc1. The van der Waals surface area contributed by atoms with E-state index in [1.165, 1.54) is 22.0 Å². The lowest BCUT2D eigenvalue weighted by atomic mass is 10.1. The first-order valence-corrected chi connectivity index (χ1v) is 9.12. The van der Waals surface area contributed by atoms with E-state index in [0.717, 1.165) is 27.5 Å². The Morgan fingerprint density at radius 3 is 2.46 bits per heavy atom. The molecule has 24 heavy (non-hydrogen) atoms. The molecular weight excluding hydrogens is 336 g/mol. The van der Waals surface area contributed by atoms with E-state index in [2.05, 4.69) is 52.1 Å². The topological polar surface area (TPSA) is 42.5 Å². The van der Waals surface area contributed by atoms with E-state index < -0.39 is 0 Å². The van der Waals surface area contributed by atoms with Gasteiger partial charge in [0.15, 0.2) is 11.5 Å². The highest BCUT2D eigenvalue weighted by Crippen LogP contribution is 2.27. The molecule has 0 aliphatic rings. The normalized spacial score (nSPS) is 10.9. The summed E-state index contributed by atoms with van der Waals surface area (Å²) in [5.74, 6) is 0. The molecule has 0 saturated carbocycles. The highest BCUT2D eigenvalue weighted by Gasteiger charge is 2.20. The fourth-order valence-corrected chi connectivity index (χ4v) is 4.05. The third-order valence-corrected chi connectivity index (χ3v) is 5.59. The van der Waals surface area contributed by atoms with E-state index >= 15 is 0 Å². The molecular formula is C18H15N4S2+. The molecule has 0 radical (unpaired) electrons. The zero-order chi connectivity index (χ0) is 16.5. The zero-order valence-electron chi connectivity index (χ0n) is 13.3. The first kappa shape index (κ1) is 15.1. The molecule has 4 nitrogen and oxygen atoms in total. The average Bonchev–Trinajstić information content (AvgIpc) is 3.22. The summed E-state index contributed by atoms with van der Waals surface area (Å²) in [7, 11) is 0. The van der Waals surface area contributed by atoms with Crippen LogP contribution in [0.2, 0.25) is 0 Å². The highest BCUT2D eigenvalue weighted by atomic mass is 32.1. The second-order valence-electron chi connectivity index (χ2n) is 5.47. The molecule has 2 heterocycles. The van der Waals surface area contributed by atoms with Crippen molar-refractivity contribution in [3.05, 3.63) is 65.2 Å².